The predicted octanol–water partition coefficient (Wildman–Crippen LogP) is 5.54. The molecule has 0 radical (unpaired) electrons. The largest absolute Gasteiger partial charge is 0.494 e. The first-order valence-electron chi connectivity index (χ1n) is 10.1. The van der Waals surface area contributed by atoms with Crippen molar-refractivity contribution in [2.75, 3.05) is 12.4 Å². The van der Waals surface area contributed by atoms with Gasteiger partial charge in [-0.05, 0) is 49.1 Å². The van der Waals surface area contributed by atoms with Crippen LogP contribution >= 0.6 is 11.6 Å². The number of nitrogens with one attached hydrogen (secondary N) is 1. The van der Waals surface area contributed by atoms with Gasteiger partial charge in [0.25, 0.3) is 0 Å². The van der Waals surface area contributed by atoms with Crippen LogP contribution in [0.15, 0.2) is 61.1 Å². The minimum atomic E-state index is -0.224. The van der Waals surface area contributed by atoms with E-state index in [1.807, 2.05) is 34.9 Å². The molecule has 8 heteroatoms. The fourth-order valence-corrected chi connectivity index (χ4v) is 4.24. The third-order valence-electron chi connectivity index (χ3n) is 5.55. The topological polar surface area (TPSA) is 56.9 Å². The van der Waals surface area contributed by atoms with Crippen molar-refractivity contribution in [2.24, 2.45) is 0 Å². The molecule has 3 heterocycles. The summed E-state index contributed by atoms with van der Waals surface area (Å²) < 4.78 is 22.8. The summed E-state index contributed by atoms with van der Waals surface area (Å²) in [6.45, 7) is 0. The third kappa shape index (κ3) is 3.88. The zero-order valence-electron chi connectivity index (χ0n) is 16.9. The summed E-state index contributed by atoms with van der Waals surface area (Å²) in [6, 6.07) is 14.7. The van der Waals surface area contributed by atoms with Crippen LogP contribution in [0, 0.1) is 5.82 Å². The van der Waals surface area contributed by atoms with Gasteiger partial charge in [0, 0.05) is 29.7 Å². The van der Waals surface area contributed by atoms with Crippen LogP contribution in [0.4, 0.5) is 15.9 Å². The molecule has 0 spiro atoms. The lowest BCUT2D eigenvalue weighted by Gasteiger charge is -2.24. The number of imidazole rings is 1. The molecule has 158 valence electrons. The standard InChI is InChI=1S/C23H21ClFN5O/c1-31-21-11-17(9-10-20(21)29-13-22(24)26-14-29)27-23-12-18-3-2-4-19(30(18)28-23)15-5-7-16(25)8-6-15/h5-14,19H,2-4H2,1H3,(H,27,28). The Bertz CT molecular complexity index is 1220. The molecule has 1 unspecified atom stereocenters. The molecule has 0 aliphatic carbocycles. The molecule has 6 nitrogen and oxygen atoms in total. The van der Waals surface area contributed by atoms with Crippen LogP contribution in [0.3, 0.4) is 0 Å². The number of methoxy groups -OCH3 is 1. The lowest BCUT2D eigenvalue weighted by atomic mass is 9.97. The highest BCUT2D eigenvalue weighted by Crippen LogP contribution is 2.33. The molecular weight excluding hydrogens is 417 g/mol. The number of aromatic nitrogens is 4. The Kier molecular flexibility index (Phi) is 5.11. The molecule has 2 aromatic heterocycles. The SMILES string of the molecule is COc1cc(Nc2cc3n(n2)C(c2ccc(F)cc2)CCC3)ccc1-n1cnc(Cl)c1. The van der Waals surface area contributed by atoms with Gasteiger partial charge in [0.2, 0.25) is 0 Å². The zero-order chi connectivity index (χ0) is 21.4. The molecule has 0 saturated heterocycles. The second-order valence-corrected chi connectivity index (χ2v) is 7.93. The normalized spacial score (nSPS) is 15.5. The van der Waals surface area contributed by atoms with E-state index in [0.717, 1.165) is 42.0 Å². The number of fused-ring (bicyclic) bond motifs is 1. The van der Waals surface area contributed by atoms with E-state index in [4.69, 9.17) is 21.4 Å². The first kappa shape index (κ1) is 19.6. The summed E-state index contributed by atoms with van der Waals surface area (Å²) in [5.41, 5.74) is 3.94. The number of aryl methyl sites for hydroxylation is 1. The molecule has 0 saturated carbocycles. The van der Waals surface area contributed by atoms with Crippen LogP contribution in [-0.2, 0) is 6.42 Å². The number of halogens is 2. The van der Waals surface area contributed by atoms with E-state index in [1.54, 1.807) is 19.6 Å². The van der Waals surface area contributed by atoms with Gasteiger partial charge in [0.1, 0.15) is 23.0 Å². The molecule has 1 N–H and O–H groups in total. The lowest BCUT2D eigenvalue weighted by molar-refractivity contribution is 0.413. The van der Waals surface area contributed by atoms with Crippen LogP contribution in [0.5, 0.6) is 5.75 Å². The second-order valence-electron chi connectivity index (χ2n) is 7.54. The van der Waals surface area contributed by atoms with Crippen molar-refractivity contribution in [1.29, 1.82) is 0 Å². The summed E-state index contributed by atoms with van der Waals surface area (Å²) in [5.74, 6) is 1.23. The minimum Gasteiger partial charge on any atom is -0.494 e. The fourth-order valence-electron chi connectivity index (χ4n) is 4.09. The zero-order valence-corrected chi connectivity index (χ0v) is 17.7. The monoisotopic (exact) mass is 437 g/mol. The van der Waals surface area contributed by atoms with Crippen molar-refractivity contribution in [3.63, 3.8) is 0 Å². The molecular formula is C23H21ClFN5O. The maximum Gasteiger partial charge on any atom is 0.152 e. The lowest BCUT2D eigenvalue weighted by Crippen LogP contribution is -2.19. The number of anilines is 2. The molecule has 31 heavy (non-hydrogen) atoms. The van der Waals surface area contributed by atoms with Gasteiger partial charge in [-0.1, -0.05) is 23.7 Å². The van der Waals surface area contributed by atoms with Gasteiger partial charge < -0.3 is 14.6 Å². The van der Waals surface area contributed by atoms with Crippen molar-refractivity contribution in [3.05, 3.63) is 83.3 Å². The Morgan fingerprint density at radius 3 is 2.74 bits per heavy atom. The Morgan fingerprint density at radius 2 is 2.00 bits per heavy atom. The van der Waals surface area contributed by atoms with E-state index in [-0.39, 0.29) is 11.9 Å². The summed E-state index contributed by atoms with van der Waals surface area (Å²) in [4.78, 5) is 4.06. The molecule has 5 rings (SSSR count). The van der Waals surface area contributed by atoms with E-state index >= 15 is 0 Å². The highest BCUT2D eigenvalue weighted by Gasteiger charge is 2.23. The maximum absolute atomic E-state index is 13.3. The Labute approximate surface area is 184 Å². The van der Waals surface area contributed by atoms with Gasteiger partial charge in [-0.15, -0.1) is 0 Å². The van der Waals surface area contributed by atoms with Crippen molar-refractivity contribution in [1.82, 2.24) is 19.3 Å². The molecule has 1 aliphatic heterocycles. The van der Waals surface area contributed by atoms with Crippen molar-refractivity contribution in [3.8, 4) is 11.4 Å². The van der Waals surface area contributed by atoms with Crippen LogP contribution in [0.1, 0.15) is 30.1 Å². The van der Waals surface area contributed by atoms with E-state index in [0.29, 0.717) is 10.9 Å². The first-order valence-corrected chi connectivity index (χ1v) is 10.5. The number of hydrogen-bond acceptors (Lipinski definition) is 4. The molecule has 0 amide bonds. The van der Waals surface area contributed by atoms with Gasteiger partial charge in [0.05, 0.1) is 18.8 Å². The average Bonchev–Trinajstić information content (AvgIpc) is 3.39. The van der Waals surface area contributed by atoms with Crippen LogP contribution in [0.2, 0.25) is 5.15 Å². The first-order chi connectivity index (χ1) is 15.1. The molecule has 2 aromatic carbocycles. The summed E-state index contributed by atoms with van der Waals surface area (Å²) in [5, 5.41) is 8.60. The van der Waals surface area contributed by atoms with Gasteiger partial charge in [0.15, 0.2) is 5.82 Å². The Morgan fingerprint density at radius 1 is 1.16 bits per heavy atom. The molecule has 0 fully saturated rings. The summed E-state index contributed by atoms with van der Waals surface area (Å²) >= 11 is 5.94. The van der Waals surface area contributed by atoms with Crippen LogP contribution in [0.25, 0.3) is 5.69 Å². The van der Waals surface area contributed by atoms with Crippen molar-refractivity contribution in [2.45, 2.75) is 25.3 Å². The molecule has 1 atom stereocenters. The molecule has 1 aliphatic rings. The van der Waals surface area contributed by atoms with Gasteiger partial charge in [-0.2, -0.15) is 5.10 Å². The third-order valence-corrected chi connectivity index (χ3v) is 5.75. The van der Waals surface area contributed by atoms with Crippen molar-refractivity contribution >= 4 is 23.1 Å². The van der Waals surface area contributed by atoms with Crippen molar-refractivity contribution < 1.29 is 9.13 Å². The van der Waals surface area contributed by atoms with E-state index < -0.39 is 0 Å². The number of hydrogen-bond donors (Lipinski definition) is 1. The van der Waals surface area contributed by atoms with E-state index in [9.17, 15) is 4.39 Å². The summed E-state index contributed by atoms with van der Waals surface area (Å²) in [7, 11) is 1.63. The molecule has 0 bridgehead atoms. The maximum atomic E-state index is 13.3. The highest BCUT2D eigenvalue weighted by molar-refractivity contribution is 6.29. The van der Waals surface area contributed by atoms with E-state index in [1.165, 1.54) is 17.8 Å². The minimum absolute atomic E-state index is 0.114. The predicted molar refractivity (Wildman–Crippen MR) is 118 cm³/mol. The second kappa shape index (κ2) is 8.07. The quantitative estimate of drug-likeness (QED) is 0.445. The Hall–Kier alpha value is -3.32. The summed E-state index contributed by atoms with van der Waals surface area (Å²) in [6.07, 6.45) is 6.40. The van der Waals surface area contributed by atoms with Crippen LogP contribution < -0.4 is 10.1 Å². The highest BCUT2D eigenvalue weighted by atomic mass is 35.5. The van der Waals surface area contributed by atoms with Gasteiger partial charge >= 0.3 is 0 Å². The number of ether oxygens (including phenoxy) is 1. The van der Waals surface area contributed by atoms with Crippen LogP contribution in [-0.4, -0.2) is 26.4 Å². The average molecular weight is 438 g/mol. The Balaban J connectivity index is 1.42. The fraction of sp³-hybridized carbons (Fsp3) is 0.217. The number of nitrogens with zero attached hydrogens (tertiary/aromatic N) is 4. The number of rotatable bonds is 5. The van der Waals surface area contributed by atoms with Gasteiger partial charge in [-0.3, -0.25) is 4.68 Å². The number of benzene rings is 2. The molecule has 4 aromatic rings. The smallest absolute Gasteiger partial charge is 0.152 e. The van der Waals surface area contributed by atoms with Gasteiger partial charge in [-0.25, -0.2) is 9.37 Å². The van der Waals surface area contributed by atoms with E-state index in [2.05, 4.69) is 21.0 Å².